The second kappa shape index (κ2) is 7.42. The van der Waals surface area contributed by atoms with Gasteiger partial charge < -0.3 is 14.5 Å². The van der Waals surface area contributed by atoms with Gasteiger partial charge in [0.2, 0.25) is 0 Å². The van der Waals surface area contributed by atoms with Gasteiger partial charge in [0.1, 0.15) is 5.01 Å². The maximum absolute atomic E-state index is 12.6. The van der Waals surface area contributed by atoms with E-state index in [9.17, 15) is 9.90 Å². The zero-order chi connectivity index (χ0) is 17.1. The van der Waals surface area contributed by atoms with E-state index in [1.165, 1.54) is 11.3 Å². The molecule has 3 rings (SSSR count). The van der Waals surface area contributed by atoms with E-state index in [4.69, 9.17) is 4.52 Å². The number of aromatic nitrogens is 2. The van der Waals surface area contributed by atoms with E-state index in [0.29, 0.717) is 18.0 Å². The Hall–Kier alpha value is -1.77. The van der Waals surface area contributed by atoms with Crippen LogP contribution in [0.3, 0.4) is 0 Å². The molecule has 0 saturated carbocycles. The molecule has 24 heavy (non-hydrogen) atoms. The van der Waals surface area contributed by atoms with Crippen LogP contribution in [0, 0.1) is 0 Å². The lowest BCUT2D eigenvalue weighted by Crippen LogP contribution is -2.35. The second-order valence-electron chi connectivity index (χ2n) is 6.15. The van der Waals surface area contributed by atoms with E-state index < -0.39 is 0 Å². The molecule has 0 aliphatic carbocycles. The second-order valence-corrected chi connectivity index (χ2v) is 7.07. The van der Waals surface area contributed by atoms with E-state index in [1.54, 1.807) is 24.2 Å². The van der Waals surface area contributed by atoms with E-state index >= 15 is 0 Å². The summed E-state index contributed by atoms with van der Waals surface area (Å²) in [6, 6.07) is 1.60. The Labute approximate surface area is 144 Å². The molecule has 1 amide bonds. The van der Waals surface area contributed by atoms with Crippen molar-refractivity contribution in [3.05, 3.63) is 34.1 Å². The first-order valence-corrected chi connectivity index (χ1v) is 8.95. The SMILES string of the molecule is C[C@@H](c1nccs1)N(C)C(=O)c1cc(CN2CCC(O)CC2)on1. The van der Waals surface area contributed by atoms with Crippen molar-refractivity contribution in [2.45, 2.75) is 38.5 Å². The molecule has 8 heteroatoms. The maximum atomic E-state index is 12.6. The van der Waals surface area contributed by atoms with Crippen LogP contribution >= 0.6 is 11.3 Å². The van der Waals surface area contributed by atoms with Gasteiger partial charge in [0.25, 0.3) is 5.91 Å². The Bertz CT molecular complexity index is 665. The molecule has 1 fully saturated rings. The molecule has 3 heterocycles. The van der Waals surface area contributed by atoms with Gasteiger partial charge in [-0.2, -0.15) is 0 Å². The van der Waals surface area contributed by atoms with E-state index in [-0.39, 0.29) is 18.1 Å². The molecule has 0 bridgehead atoms. The van der Waals surface area contributed by atoms with Crippen LogP contribution in [0.5, 0.6) is 0 Å². The Morgan fingerprint density at radius 3 is 2.96 bits per heavy atom. The van der Waals surface area contributed by atoms with Crippen LogP contribution < -0.4 is 0 Å². The fraction of sp³-hybridized carbons (Fsp3) is 0.562. The number of piperidine rings is 1. The standard InChI is InChI=1S/C16H22N4O3S/c1-11(15-17-5-8-24-15)19(2)16(22)14-9-13(23-18-14)10-20-6-3-12(21)4-7-20/h5,8-9,11-12,21H,3-4,6-7,10H2,1-2H3/t11-/m0/s1. The number of aliphatic hydroxyl groups excluding tert-OH is 1. The number of aliphatic hydroxyl groups is 1. The fourth-order valence-electron chi connectivity index (χ4n) is 2.75. The molecular weight excluding hydrogens is 328 g/mol. The highest BCUT2D eigenvalue weighted by Gasteiger charge is 2.24. The summed E-state index contributed by atoms with van der Waals surface area (Å²) in [6.07, 6.45) is 3.08. The molecule has 1 N–H and O–H groups in total. The van der Waals surface area contributed by atoms with Gasteiger partial charge in [0.05, 0.1) is 18.7 Å². The number of nitrogens with zero attached hydrogens (tertiary/aromatic N) is 4. The minimum atomic E-state index is -0.200. The average molecular weight is 350 g/mol. The molecule has 1 saturated heterocycles. The molecule has 0 aromatic carbocycles. The van der Waals surface area contributed by atoms with Crippen LogP contribution in [0.25, 0.3) is 0 Å². The van der Waals surface area contributed by atoms with Crippen molar-refractivity contribution in [1.82, 2.24) is 19.9 Å². The van der Waals surface area contributed by atoms with Gasteiger partial charge in [-0.05, 0) is 19.8 Å². The highest BCUT2D eigenvalue weighted by molar-refractivity contribution is 7.09. The number of thiazole rings is 1. The van der Waals surface area contributed by atoms with Gasteiger partial charge in [0, 0.05) is 37.8 Å². The van der Waals surface area contributed by atoms with Crippen molar-refractivity contribution in [3.63, 3.8) is 0 Å². The predicted molar refractivity (Wildman–Crippen MR) is 89.6 cm³/mol. The van der Waals surface area contributed by atoms with Crippen LogP contribution in [0.4, 0.5) is 0 Å². The molecule has 1 aliphatic rings. The van der Waals surface area contributed by atoms with Crippen molar-refractivity contribution >= 4 is 17.2 Å². The first-order valence-electron chi connectivity index (χ1n) is 8.07. The number of hydrogen-bond donors (Lipinski definition) is 1. The van der Waals surface area contributed by atoms with Gasteiger partial charge in [-0.15, -0.1) is 11.3 Å². The summed E-state index contributed by atoms with van der Waals surface area (Å²) in [6.45, 7) is 4.20. The van der Waals surface area contributed by atoms with Crippen LogP contribution in [0.2, 0.25) is 0 Å². The minimum Gasteiger partial charge on any atom is -0.393 e. The summed E-state index contributed by atoms with van der Waals surface area (Å²) in [5, 5.41) is 16.3. The lowest BCUT2D eigenvalue weighted by molar-refractivity contribution is 0.0724. The van der Waals surface area contributed by atoms with Crippen molar-refractivity contribution in [2.75, 3.05) is 20.1 Å². The molecule has 1 atom stereocenters. The van der Waals surface area contributed by atoms with Gasteiger partial charge in [-0.1, -0.05) is 5.16 Å². The number of amides is 1. The smallest absolute Gasteiger partial charge is 0.276 e. The quantitative estimate of drug-likeness (QED) is 0.887. The first-order chi connectivity index (χ1) is 11.5. The van der Waals surface area contributed by atoms with Crippen LogP contribution in [-0.2, 0) is 6.54 Å². The monoisotopic (exact) mass is 350 g/mol. The topological polar surface area (TPSA) is 82.7 Å². The Balaban J connectivity index is 1.61. The molecule has 2 aromatic rings. The van der Waals surface area contributed by atoms with Crippen molar-refractivity contribution < 1.29 is 14.4 Å². The van der Waals surface area contributed by atoms with Crippen molar-refractivity contribution in [1.29, 1.82) is 0 Å². The summed E-state index contributed by atoms with van der Waals surface area (Å²) in [5.74, 6) is 0.492. The molecule has 0 radical (unpaired) electrons. The van der Waals surface area contributed by atoms with Crippen molar-refractivity contribution in [2.24, 2.45) is 0 Å². The lowest BCUT2D eigenvalue weighted by atomic mass is 10.1. The normalized spacial score (nSPS) is 17.8. The van der Waals surface area contributed by atoms with Crippen LogP contribution in [0.15, 0.2) is 22.2 Å². The molecule has 130 valence electrons. The number of hydrogen-bond acceptors (Lipinski definition) is 7. The lowest BCUT2D eigenvalue weighted by Gasteiger charge is -2.28. The van der Waals surface area contributed by atoms with Crippen LogP contribution in [0.1, 0.15) is 47.1 Å². The molecule has 7 nitrogen and oxygen atoms in total. The first kappa shape index (κ1) is 17.1. The van der Waals surface area contributed by atoms with E-state index in [0.717, 1.165) is 30.9 Å². The van der Waals surface area contributed by atoms with Crippen molar-refractivity contribution in [3.8, 4) is 0 Å². The average Bonchev–Trinajstić information content (AvgIpc) is 3.26. The molecule has 2 aromatic heterocycles. The Kier molecular flexibility index (Phi) is 5.27. The highest BCUT2D eigenvalue weighted by atomic mass is 32.1. The van der Waals surface area contributed by atoms with E-state index in [1.807, 2.05) is 12.3 Å². The Morgan fingerprint density at radius 1 is 1.54 bits per heavy atom. The van der Waals surface area contributed by atoms with Crippen LogP contribution in [-0.4, -0.2) is 57.2 Å². The zero-order valence-corrected chi connectivity index (χ0v) is 14.7. The number of likely N-dealkylation sites (tertiary alicyclic amines) is 1. The Morgan fingerprint density at radius 2 is 2.29 bits per heavy atom. The summed E-state index contributed by atoms with van der Waals surface area (Å²) >= 11 is 1.52. The van der Waals surface area contributed by atoms with Gasteiger partial charge >= 0.3 is 0 Å². The zero-order valence-electron chi connectivity index (χ0n) is 13.9. The van der Waals surface area contributed by atoms with Gasteiger partial charge in [0.15, 0.2) is 11.5 Å². The minimum absolute atomic E-state index is 0.110. The largest absolute Gasteiger partial charge is 0.393 e. The molecular formula is C16H22N4O3S. The maximum Gasteiger partial charge on any atom is 0.276 e. The number of rotatable bonds is 5. The fourth-order valence-corrected chi connectivity index (χ4v) is 3.49. The number of carbonyl (C=O) groups is 1. The summed E-state index contributed by atoms with van der Waals surface area (Å²) in [7, 11) is 1.74. The summed E-state index contributed by atoms with van der Waals surface area (Å²) < 4.78 is 5.32. The van der Waals surface area contributed by atoms with Gasteiger partial charge in [-0.25, -0.2) is 4.98 Å². The molecule has 1 aliphatic heterocycles. The third kappa shape index (κ3) is 3.82. The molecule has 0 spiro atoms. The third-order valence-electron chi connectivity index (χ3n) is 4.42. The summed E-state index contributed by atoms with van der Waals surface area (Å²) in [4.78, 5) is 20.6. The number of carbonyl (C=O) groups excluding carboxylic acids is 1. The molecule has 0 unspecified atom stereocenters. The predicted octanol–water partition coefficient (Wildman–Crippen LogP) is 1.92. The van der Waals surface area contributed by atoms with E-state index in [2.05, 4.69) is 15.0 Å². The van der Waals surface area contributed by atoms with Gasteiger partial charge in [-0.3, -0.25) is 9.69 Å². The highest BCUT2D eigenvalue weighted by Crippen LogP contribution is 2.22. The summed E-state index contributed by atoms with van der Waals surface area (Å²) in [5.41, 5.74) is 0.313. The third-order valence-corrected chi connectivity index (χ3v) is 5.37.